The van der Waals surface area contributed by atoms with Crippen molar-refractivity contribution in [2.75, 3.05) is 0 Å². The topological polar surface area (TPSA) is 18.5 Å². The van der Waals surface area contributed by atoms with E-state index in [1.165, 1.54) is 62.8 Å². The lowest BCUT2D eigenvalue weighted by atomic mass is 9.78. The van der Waals surface area contributed by atoms with Gasteiger partial charge in [0.15, 0.2) is 0 Å². The van der Waals surface area contributed by atoms with E-state index < -0.39 is 12.7 Å². The zero-order chi connectivity index (χ0) is 22.3. The van der Waals surface area contributed by atoms with Crippen molar-refractivity contribution in [3.8, 4) is 11.5 Å². The minimum Gasteiger partial charge on any atom is -0.435 e. The van der Waals surface area contributed by atoms with Crippen LogP contribution in [0.2, 0.25) is 0 Å². The number of alkyl halides is 4. The van der Waals surface area contributed by atoms with Crippen molar-refractivity contribution in [1.82, 2.24) is 0 Å². The Kier molecular flexibility index (Phi) is 8.22. The van der Waals surface area contributed by atoms with Crippen molar-refractivity contribution in [3.05, 3.63) is 59.7 Å². The summed E-state index contributed by atoms with van der Waals surface area (Å²) in [5.41, 5.74) is 0.799. The fraction of sp³-hybridized carbons (Fsp3) is 0.520. The fourth-order valence-electron chi connectivity index (χ4n) is 4.35. The maximum Gasteiger partial charge on any atom is 0.426 e. The molecule has 2 aromatic carbocycles. The van der Waals surface area contributed by atoms with Crippen molar-refractivity contribution in [2.24, 2.45) is 11.8 Å². The first-order valence-corrected chi connectivity index (χ1v) is 11.1. The van der Waals surface area contributed by atoms with Crippen LogP contribution in [0.25, 0.3) is 0 Å². The van der Waals surface area contributed by atoms with Crippen LogP contribution in [-0.4, -0.2) is 6.61 Å². The lowest BCUT2D eigenvalue weighted by molar-refractivity contribution is -0.185. The van der Waals surface area contributed by atoms with Crippen LogP contribution < -0.4 is 9.47 Å². The molecule has 1 aliphatic carbocycles. The summed E-state index contributed by atoms with van der Waals surface area (Å²) in [4.78, 5) is 0. The highest BCUT2D eigenvalue weighted by Gasteiger charge is 2.34. The second-order valence-corrected chi connectivity index (χ2v) is 8.38. The van der Waals surface area contributed by atoms with Gasteiger partial charge in [-0.1, -0.05) is 57.6 Å². The van der Waals surface area contributed by atoms with Crippen LogP contribution >= 0.6 is 0 Å². The smallest absolute Gasteiger partial charge is 0.426 e. The summed E-state index contributed by atoms with van der Waals surface area (Å²) in [5, 5.41) is 0. The molecule has 1 aliphatic rings. The molecule has 0 N–H and O–H groups in total. The molecular weight excluding hydrogens is 408 g/mol. The Labute approximate surface area is 181 Å². The Morgan fingerprint density at radius 1 is 0.839 bits per heavy atom. The van der Waals surface area contributed by atoms with Gasteiger partial charge in [0.2, 0.25) is 0 Å². The van der Waals surface area contributed by atoms with Crippen LogP contribution in [0, 0.1) is 11.8 Å². The zero-order valence-corrected chi connectivity index (χ0v) is 17.8. The van der Waals surface area contributed by atoms with E-state index in [4.69, 9.17) is 4.74 Å². The van der Waals surface area contributed by atoms with E-state index in [1.54, 1.807) is 12.1 Å². The van der Waals surface area contributed by atoms with E-state index in [2.05, 4.69) is 11.7 Å². The Hall–Kier alpha value is -2.24. The van der Waals surface area contributed by atoms with Crippen LogP contribution in [0.3, 0.4) is 0 Å². The SMILES string of the molecule is CCC[C@H]1CC[C@H](CCc2ccc(C(F)(F)Oc3ccc(OC(F)F)cc3)cc2)CC1. The predicted octanol–water partition coefficient (Wildman–Crippen LogP) is 7.96. The van der Waals surface area contributed by atoms with E-state index in [1.807, 2.05) is 0 Å². The van der Waals surface area contributed by atoms with E-state index in [0.717, 1.165) is 42.4 Å². The van der Waals surface area contributed by atoms with E-state index in [0.29, 0.717) is 0 Å². The Morgan fingerprint density at radius 3 is 1.94 bits per heavy atom. The van der Waals surface area contributed by atoms with E-state index in [9.17, 15) is 17.6 Å². The van der Waals surface area contributed by atoms with Gasteiger partial charge in [0.1, 0.15) is 11.5 Å². The summed E-state index contributed by atoms with van der Waals surface area (Å²) in [6.07, 6.45) is 6.23. The number of halogens is 4. The van der Waals surface area contributed by atoms with E-state index in [-0.39, 0.29) is 17.1 Å². The van der Waals surface area contributed by atoms with Gasteiger partial charge in [-0.25, -0.2) is 0 Å². The molecule has 0 bridgehead atoms. The van der Waals surface area contributed by atoms with Gasteiger partial charge in [0, 0.05) is 0 Å². The second kappa shape index (κ2) is 10.9. The molecular formula is C25H30F4O2. The zero-order valence-electron chi connectivity index (χ0n) is 17.8. The number of hydrogen-bond acceptors (Lipinski definition) is 2. The van der Waals surface area contributed by atoms with Gasteiger partial charge in [-0.15, -0.1) is 0 Å². The molecule has 1 saturated carbocycles. The molecule has 0 heterocycles. The summed E-state index contributed by atoms with van der Waals surface area (Å²) in [6.45, 7) is -0.728. The van der Waals surface area contributed by atoms with Gasteiger partial charge in [0.25, 0.3) is 0 Å². The first kappa shape index (κ1) is 23.4. The highest BCUT2D eigenvalue weighted by Crippen LogP contribution is 2.35. The maximum absolute atomic E-state index is 14.5. The first-order chi connectivity index (χ1) is 14.9. The first-order valence-electron chi connectivity index (χ1n) is 11.1. The maximum atomic E-state index is 14.5. The molecule has 6 heteroatoms. The number of rotatable bonds is 10. The highest BCUT2D eigenvalue weighted by atomic mass is 19.3. The largest absolute Gasteiger partial charge is 0.435 e. The van der Waals surface area contributed by atoms with Crippen molar-refractivity contribution in [1.29, 1.82) is 0 Å². The lowest BCUT2D eigenvalue weighted by Crippen LogP contribution is -2.21. The molecule has 2 aromatic rings. The summed E-state index contributed by atoms with van der Waals surface area (Å²) < 4.78 is 62.3. The van der Waals surface area contributed by atoms with Crippen molar-refractivity contribution < 1.29 is 27.0 Å². The third-order valence-corrected chi connectivity index (χ3v) is 6.09. The molecule has 170 valence electrons. The Morgan fingerprint density at radius 2 is 1.39 bits per heavy atom. The summed E-state index contributed by atoms with van der Waals surface area (Å²) >= 11 is 0. The quantitative estimate of drug-likeness (QED) is 0.350. The minimum absolute atomic E-state index is 0.117. The van der Waals surface area contributed by atoms with Crippen LogP contribution in [-0.2, 0) is 12.5 Å². The predicted molar refractivity (Wildman–Crippen MR) is 113 cm³/mol. The van der Waals surface area contributed by atoms with E-state index >= 15 is 0 Å². The van der Waals surface area contributed by atoms with Gasteiger partial charge >= 0.3 is 12.7 Å². The molecule has 0 aliphatic heterocycles. The van der Waals surface area contributed by atoms with Gasteiger partial charge < -0.3 is 9.47 Å². The van der Waals surface area contributed by atoms with Crippen molar-refractivity contribution in [3.63, 3.8) is 0 Å². The summed E-state index contributed by atoms with van der Waals surface area (Å²) in [7, 11) is 0. The second-order valence-electron chi connectivity index (χ2n) is 8.38. The van der Waals surface area contributed by atoms with Gasteiger partial charge in [0.05, 0.1) is 5.56 Å². The Balaban J connectivity index is 1.50. The molecule has 0 radical (unpaired) electrons. The molecule has 2 nitrogen and oxygen atoms in total. The molecule has 0 atom stereocenters. The average molecular weight is 439 g/mol. The molecule has 1 fully saturated rings. The van der Waals surface area contributed by atoms with Crippen LogP contribution in [0.1, 0.15) is 63.0 Å². The fourth-order valence-corrected chi connectivity index (χ4v) is 4.35. The number of benzene rings is 2. The standard InChI is InChI=1S/C25H30F4O2/c1-2-3-18-4-6-19(7-5-18)8-9-20-10-12-21(13-11-20)25(28,29)31-23-16-14-22(15-17-23)30-24(26)27/h10-19,24H,2-9H2,1H3/t18-,19-. The third kappa shape index (κ3) is 7.15. The van der Waals surface area contributed by atoms with Gasteiger partial charge in [-0.05, 0) is 66.6 Å². The van der Waals surface area contributed by atoms with Gasteiger partial charge in [-0.2, -0.15) is 17.6 Å². The normalized spacial score (nSPS) is 19.4. The number of ether oxygens (including phenoxy) is 2. The summed E-state index contributed by atoms with van der Waals surface area (Å²) in [6, 6.07) is 10.9. The molecule has 0 spiro atoms. The molecule has 0 aromatic heterocycles. The van der Waals surface area contributed by atoms with Gasteiger partial charge in [-0.3, -0.25) is 0 Å². The molecule has 0 unspecified atom stereocenters. The van der Waals surface area contributed by atoms with Crippen molar-refractivity contribution in [2.45, 2.75) is 71.0 Å². The van der Waals surface area contributed by atoms with Crippen LogP contribution in [0.4, 0.5) is 17.6 Å². The lowest BCUT2D eigenvalue weighted by Gasteiger charge is -2.28. The number of aryl methyl sites for hydroxylation is 1. The molecule has 0 saturated heterocycles. The summed E-state index contributed by atoms with van der Waals surface area (Å²) in [5.74, 6) is 1.37. The minimum atomic E-state index is -3.53. The highest BCUT2D eigenvalue weighted by molar-refractivity contribution is 5.32. The number of hydrogen-bond donors (Lipinski definition) is 0. The molecule has 0 amide bonds. The monoisotopic (exact) mass is 438 g/mol. The van der Waals surface area contributed by atoms with Crippen LogP contribution in [0.5, 0.6) is 11.5 Å². The average Bonchev–Trinajstić information content (AvgIpc) is 2.75. The van der Waals surface area contributed by atoms with Crippen molar-refractivity contribution >= 4 is 0 Å². The van der Waals surface area contributed by atoms with Crippen LogP contribution in [0.15, 0.2) is 48.5 Å². The third-order valence-electron chi connectivity index (χ3n) is 6.09. The Bertz CT molecular complexity index is 782. The molecule has 3 rings (SSSR count). The molecule has 31 heavy (non-hydrogen) atoms.